The highest BCUT2D eigenvalue weighted by molar-refractivity contribution is 9.10. The van der Waals surface area contributed by atoms with Crippen molar-refractivity contribution in [3.63, 3.8) is 0 Å². The van der Waals surface area contributed by atoms with E-state index in [9.17, 15) is 12.8 Å². The molecule has 0 spiro atoms. The van der Waals surface area contributed by atoms with Gasteiger partial charge in [-0.1, -0.05) is 20.3 Å². The molecule has 2 atom stereocenters. The van der Waals surface area contributed by atoms with Crippen molar-refractivity contribution in [2.75, 3.05) is 5.73 Å². The maximum Gasteiger partial charge on any atom is 0.242 e. The molecule has 1 aromatic rings. The zero-order valence-corrected chi connectivity index (χ0v) is 14.2. The lowest BCUT2D eigenvalue weighted by atomic mass is 10.0. The number of sulfonamides is 1. The smallest absolute Gasteiger partial charge is 0.242 e. The molecule has 0 heterocycles. The van der Waals surface area contributed by atoms with Crippen molar-refractivity contribution in [2.45, 2.75) is 44.6 Å². The first kappa shape index (κ1) is 17.4. The highest BCUT2D eigenvalue weighted by atomic mass is 79.9. The molecule has 0 radical (unpaired) electrons. The summed E-state index contributed by atoms with van der Waals surface area (Å²) in [7, 11) is -3.73. The van der Waals surface area contributed by atoms with Gasteiger partial charge in [0.25, 0.3) is 0 Å². The van der Waals surface area contributed by atoms with Gasteiger partial charge in [0.2, 0.25) is 10.0 Å². The Kier molecular flexibility index (Phi) is 5.97. The van der Waals surface area contributed by atoms with Crippen LogP contribution in [0.5, 0.6) is 0 Å². The van der Waals surface area contributed by atoms with Gasteiger partial charge in [0.15, 0.2) is 0 Å². The molecule has 7 heteroatoms. The van der Waals surface area contributed by atoms with Crippen LogP contribution in [0.3, 0.4) is 0 Å². The van der Waals surface area contributed by atoms with Crippen LogP contribution in [0.4, 0.5) is 10.1 Å². The van der Waals surface area contributed by atoms with Crippen molar-refractivity contribution in [2.24, 2.45) is 5.92 Å². The lowest BCUT2D eigenvalue weighted by Crippen LogP contribution is -2.34. The average molecular weight is 367 g/mol. The van der Waals surface area contributed by atoms with Crippen molar-refractivity contribution in [3.05, 3.63) is 22.4 Å². The van der Waals surface area contributed by atoms with Gasteiger partial charge in [-0.25, -0.2) is 17.5 Å². The highest BCUT2D eigenvalue weighted by Gasteiger charge is 2.22. The van der Waals surface area contributed by atoms with Gasteiger partial charge in [0, 0.05) is 10.5 Å². The Balaban J connectivity index is 2.97. The van der Waals surface area contributed by atoms with Crippen molar-refractivity contribution in [1.29, 1.82) is 0 Å². The highest BCUT2D eigenvalue weighted by Crippen LogP contribution is 2.27. The Hall–Kier alpha value is -0.660. The van der Waals surface area contributed by atoms with E-state index in [1.54, 1.807) is 0 Å². The fourth-order valence-corrected chi connectivity index (χ4v) is 4.20. The molecule has 2 unspecified atom stereocenters. The summed E-state index contributed by atoms with van der Waals surface area (Å²) in [5, 5.41) is 0. The number of benzene rings is 1. The van der Waals surface area contributed by atoms with Gasteiger partial charge in [-0.05, 0) is 47.3 Å². The average Bonchev–Trinajstić information content (AvgIpc) is 2.32. The molecule has 20 heavy (non-hydrogen) atoms. The third-order valence-corrected chi connectivity index (χ3v) is 5.70. The van der Waals surface area contributed by atoms with Gasteiger partial charge in [0.05, 0.1) is 10.6 Å². The number of hydrogen-bond donors (Lipinski definition) is 2. The van der Waals surface area contributed by atoms with E-state index in [-0.39, 0.29) is 21.1 Å². The lowest BCUT2D eigenvalue weighted by Gasteiger charge is -2.18. The minimum Gasteiger partial charge on any atom is -0.396 e. The molecule has 0 bridgehead atoms. The molecule has 0 aliphatic carbocycles. The number of nitrogens with one attached hydrogen (secondary N) is 1. The second-order valence-electron chi connectivity index (χ2n) is 5.08. The van der Waals surface area contributed by atoms with E-state index in [1.807, 2.05) is 6.92 Å². The van der Waals surface area contributed by atoms with E-state index < -0.39 is 15.8 Å². The first-order valence-corrected chi connectivity index (χ1v) is 8.71. The van der Waals surface area contributed by atoms with E-state index >= 15 is 0 Å². The molecule has 3 N–H and O–H groups in total. The normalized spacial score (nSPS) is 15.1. The van der Waals surface area contributed by atoms with Crippen LogP contribution < -0.4 is 10.5 Å². The Bertz CT molecular complexity index is 578. The van der Waals surface area contributed by atoms with E-state index in [1.165, 1.54) is 0 Å². The molecule has 1 rings (SSSR count). The Morgan fingerprint density at radius 3 is 2.55 bits per heavy atom. The van der Waals surface area contributed by atoms with E-state index in [0.717, 1.165) is 25.0 Å². The molecule has 0 saturated carbocycles. The lowest BCUT2D eigenvalue weighted by molar-refractivity contribution is 0.445. The fraction of sp³-hybridized carbons (Fsp3) is 0.538. The quantitative estimate of drug-likeness (QED) is 0.758. The third-order valence-electron chi connectivity index (χ3n) is 3.15. The molecule has 1 aromatic carbocycles. The summed E-state index contributed by atoms with van der Waals surface area (Å²) in [5.41, 5.74) is 5.24. The molecule has 0 amide bonds. The molecule has 0 saturated heterocycles. The predicted molar refractivity (Wildman–Crippen MR) is 82.4 cm³/mol. The molecule has 0 fully saturated rings. The monoisotopic (exact) mass is 366 g/mol. The van der Waals surface area contributed by atoms with Gasteiger partial charge < -0.3 is 5.73 Å². The zero-order valence-electron chi connectivity index (χ0n) is 11.8. The summed E-state index contributed by atoms with van der Waals surface area (Å²) in [4.78, 5) is -0.0487. The SMILES string of the molecule is CCC(C)CC(C)NS(=O)(=O)c1cc(N)c(F)cc1Br. The number of halogens is 2. The maximum absolute atomic E-state index is 13.3. The third kappa shape index (κ3) is 4.43. The van der Waals surface area contributed by atoms with Crippen LogP contribution in [0.2, 0.25) is 0 Å². The number of anilines is 1. The van der Waals surface area contributed by atoms with Crippen molar-refractivity contribution < 1.29 is 12.8 Å². The predicted octanol–water partition coefficient (Wildman–Crippen LogP) is 3.27. The standard InChI is InChI=1S/C13H20BrFN2O2S/c1-4-8(2)5-9(3)17-20(18,19)13-7-12(16)11(15)6-10(13)14/h6-9,17H,4-5,16H2,1-3H3. The van der Waals surface area contributed by atoms with Gasteiger partial charge in [-0.3, -0.25) is 0 Å². The Morgan fingerprint density at radius 1 is 1.40 bits per heavy atom. The van der Waals surface area contributed by atoms with Crippen LogP contribution in [-0.4, -0.2) is 14.5 Å². The van der Waals surface area contributed by atoms with Crippen molar-refractivity contribution >= 4 is 31.6 Å². The zero-order chi connectivity index (χ0) is 15.5. The molecular weight excluding hydrogens is 347 g/mol. The van der Waals surface area contributed by atoms with Crippen LogP contribution in [0, 0.1) is 11.7 Å². The van der Waals surface area contributed by atoms with Crippen LogP contribution in [0.15, 0.2) is 21.5 Å². The van der Waals surface area contributed by atoms with Crippen LogP contribution in [0.1, 0.15) is 33.6 Å². The van der Waals surface area contributed by atoms with Gasteiger partial charge in [0.1, 0.15) is 5.82 Å². The molecule has 0 aromatic heterocycles. The first-order chi connectivity index (χ1) is 9.17. The second kappa shape index (κ2) is 6.87. The van der Waals surface area contributed by atoms with Crippen LogP contribution >= 0.6 is 15.9 Å². The molecule has 4 nitrogen and oxygen atoms in total. The number of nitrogens with two attached hydrogens (primary N) is 1. The first-order valence-electron chi connectivity index (χ1n) is 6.44. The van der Waals surface area contributed by atoms with Gasteiger partial charge in [-0.2, -0.15) is 0 Å². The maximum atomic E-state index is 13.3. The summed E-state index contributed by atoms with van der Waals surface area (Å²) in [6, 6.07) is 1.98. The minimum atomic E-state index is -3.73. The van der Waals surface area contributed by atoms with Crippen LogP contribution in [-0.2, 0) is 10.0 Å². The second-order valence-corrected chi connectivity index (χ2v) is 7.61. The summed E-state index contributed by atoms with van der Waals surface area (Å²) < 4.78 is 40.6. The summed E-state index contributed by atoms with van der Waals surface area (Å²) in [5.74, 6) is -0.224. The number of rotatable bonds is 6. The van der Waals surface area contributed by atoms with Crippen LogP contribution in [0.25, 0.3) is 0 Å². The molecule has 0 aliphatic heterocycles. The van der Waals surface area contributed by atoms with Crippen molar-refractivity contribution in [1.82, 2.24) is 4.72 Å². The summed E-state index contributed by atoms with van der Waals surface area (Å²) in [6.07, 6.45) is 1.73. The summed E-state index contributed by atoms with van der Waals surface area (Å²) >= 11 is 3.06. The summed E-state index contributed by atoms with van der Waals surface area (Å²) in [6.45, 7) is 5.93. The van der Waals surface area contributed by atoms with Gasteiger partial charge >= 0.3 is 0 Å². The number of nitrogen functional groups attached to an aromatic ring is 1. The minimum absolute atomic E-state index is 0.0487. The number of hydrogen-bond acceptors (Lipinski definition) is 3. The van der Waals surface area contributed by atoms with E-state index in [0.29, 0.717) is 5.92 Å². The van der Waals surface area contributed by atoms with Gasteiger partial charge in [-0.15, -0.1) is 0 Å². The van der Waals surface area contributed by atoms with Crippen molar-refractivity contribution in [3.8, 4) is 0 Å². The Labute approximate surface area is 128 Å². The largest absolute Gasteiger partial charge is 0.396 e. The molecule has 0 aliphatic rings. The molecule has 114 valence electrons. The molecular formula is C13H20BrFN2O2S. The van der Waals surface area contributed by atoms with E-state index in [4.69, 9.17) is 5.73 Å². The topological polar surface area (TPSA) is 72.2 Å². The Morgan fingerprint density at radius 2 is 2.00 bits per heavy atom. The van der Waals surface area contributed by atoms with E-state index in [2.05, 4.69) is 34.5 Å². The fourth-order valence-electron chi connectivity index (χ4n) is 1.90.